The molecular weight excluding hydrogens is 372 g/mol. The molecule has 0 bridgehead atoms. The Morgan fingerprint density at radius 1 is 0.862 bits per heavy atom. The minimum absolute atomic E-state index is 0.218. The largest absolute Gasteiger partial charge is 0.253 e. The van der Waals surface area contributed by atoms with Crippen LogP contribution in [-0.4, -0.2) is 24.9 Å². The topological polar surface area (TPSA) is 64.5 Å². The standard InChI is InChI=1S/C11H10F2N2.C9H9N3.C2H6/c1-6(2)11-5-14-9-3-7(12)8(13)4-10(9)15-11;1-2-7-6-11-9-8(12-7)4-3-5-10-9;1-2/h3-6H,1-2H3;3-6H,2H2,1H3;1-2H3. The van der Waals surface area contributed by atoms with Crippen LogP contribution in [0.4, 0.5) is 8.78 Å². The molecule has 3 aromatic heterocycles. The Morgan fingerprint density at radius 3 is 2.21 bits per heavy atom. The summed E-state index contributed by atoms with van der Waals surface area (Å²) in [6.45, 7) is 10.00. The van der Waals surface area contributed by atoms with Crippen LogP contribution >= 0.6 is 0 Å². The van der Waals surface area contributed by atoms with Crippen LogP contribution < -0.4 is 0 Å². The summed E-state index contributed by atoms with van der Waals surface area (Å²) in [5.41, 5.74) is 4.13. The van der Waals surface area contributed by atoms with Crippen molar-refractivity contribution in [3.05, 3.63) is 65.9 Å². The number of rotatable bonds is 2. The first-order valence-corrected chi connectivity index (χ1v) is 9.66. The number of aromatic nitrogens is 5. The highest BCUT2D eigenvalue weighted by Gasteiger charge is 2.08. The van der Waals surface area contributed by atoms with Gasteiger partial charge < -0.3 is 0 Å². The fourth-order valence-electron chi connectivity index (χ4n) is 2.37. The fraction of sp³-hybridized carbons (Fsp3) is 0.318. The van der Waals surface area contributed by atoms with E-state index < -0.39 is 11.6 Å². The second-order valence-corrected chi connectivity index (χ2v) is 6.27. The van der Waals surface area contributed by atoms with E-state index in [1.165, 1.54) is 0 Å². The average Bonchev–Trinajstić information content (AvgIpc) is 2.75. The summed E-state index contributed by atoms with van der Waals surface area (Å²) in [5.74, 6) is -1.57. The molecule has 0 saturated heterocycles. The van der Waals surface area contributed by atoms with Gasteiger partial charge in [0.15, 0.2) is 17.3 Å². The molecule has 0 fully saturated rings. The number of hydrogen-bond acceptors (Lipinski definition) is 5. The zero-order valence-corrected chi connectivity index (χ0v) is 17.3. The fourth-order valence-corrected chi connectivity index (χ4v) is 2.37. The Balaban J connectivity index is 0.000000194. The Kier molecular flexibility index (Phi) is 8.00. The molecular formula is C22H25F2N5. The van der Waals surface area contributed by atoms with Gasteiger partial charge in [-0.25, -0.2) is 28.7 Å². The quantitative estimate of drug-likeness (QED) is 0.438. The molecule has 0 atom stereocenters. The number of fused-ring (bicyclic) bond motifs is 2. The highest BCUT2D eigenvalue weighted by molar-refractivity contribution is 5.74. The Bertz CT molecular complexity index is 1080. The van der Waals surface area contributed by atoms with E-state index in [1.807, 2.05) is 39.8 Å². The molecule has 4 rings (SSSR count). The van der Waals surface area contributed by atoms with Gasteiger partial charge in [0.05, 0.1) is 28.6 Å². The molecule has 0 aliphatic rings. The summed E-state index contributed by atoms with van der Waals surface area (Å²) in [5, 5.41) is 0. The lowest BCUT2D eigenvalue weighted by Crippen LogP contribution is -1.96. The van der Waals surface area contributed by atoms with Crippen molar-refractivity contribution in [1.29, 1.82) is 0 Å². The van der Waals surface area contributed by atoms with Gasteiger partial charge in [-0.1, -0.05) is 34.6 Å². The second kappa shape index (κ2) is 10.5. The number of nitrogens with zero attached hydrogens (tertiary/aromatic N) is 5. The van der Waals surface area contributed by atoms with E-state index in [9.17, 15) is 8.78 Å². The van der Waals surface area contributed by atoms with Crippen molar-refractivity contribution >= 4 is 22.2 Å². The van der Waals surface area contributed by atoms with Crippen molar-refractivity contribution in [1.82, 2.24) is 24.9 Å². The van der Waals surface area contributed by atoms with Gasteiger partial charge in [0.1, 0.15) is 5.52 Å². The van der Waals surface area contributed by atoms with Crippen molar-refractivity contribution in [3.8, 4) is 0 Å². The van der Waals surface area contributed by atoms with E-state index in [-0.39, 0.29) is 5.92 Å². The van der Waals surface area contributed by atoms with Crippen LogP contribution in [-0.2, 0) is 6.42 Å². The first-order chi connectivity index (χ1) is 14.0. The van der Waals surface area contributed by atoms with Crippen LogP contribution in [0.5, 0.6) is 0 Å². The Morgan fingerprint density at radius 2 is 1.55 bits per heavy atom. The first kappa shape index (κ1) is 22.2. The normalized spacial score (nSPS) is 10.3. The van der Waals surface area contributed by atoms with E-state index in [0.29, 0.717) is 11.0 Å². The maximum absolute atomic E-state index is 12.9. The molecule has 0 aliphatic carbocycles. The highest BCUT2D eigenvalue weighted by atomic mass is 19.2. The summed E-state index contributed by atoms with van der Waals surface area (Å²) < 4.78 is 25.8. The van der Waals surface area contributed by atoms with Crippen molar-refractivity contribution in [2.24, 2.45) is 0 Å². The lowest BCUT2D eigenvalue weighted by molar-refractivity contribution is 0.510. The SMILES string of the molecule is CC.CC(C)c1cnc2cc(F)c(F)cc2n1.CCc1cnc2ncccc2n1. The van der Waals surface area contributed by atoms with Gasteiger partial charge in [-0.3, -0.25) is 4.98 Å². The van der Waals surface area contributed by atoms with Gasteiger partial charge in [-0.15, -0.1) is 0 Å². The summed E-state index contributed by atoms with van der Waals surface area (Å²) in [7, 11) is 0. The molecule has 0 saturated carbocycles. The third-order valence-corrected chi connectivity index (χ3v) is 3.92. The monoisotopic (exact) mass is 397 g/mol. The van der Waals surface area contributed by atoms with Gasteiger partial charge in [0.25, 0.3) is 0 Å². The third-order valence-electron chi connectivity index (χ3n) is 3.92. The zero-order valence-electron chi connectivity index (χ0n) is 17.3. The lowest BCUT2D eigenvalue weighted by atomic mass is 10.1. The molecule has 1 aromatic carbocycles. The van der Waals surface area contributed by atoms with E-state index >= 15 is 0 Å². The molecule has 4 aromatic rings. The van der Waals surface area contributed by atoms with Gasteiger partial charge >= 0.3 is 0 Å². The second-order valence-electron chi connectivity index (χ2n) is 6.27. The zero-order chi connectivity index (χ0) is 21.4. The van der Waals surface area contributed by atoms with E-state index in [0.717, 1.165) is 41.1 Å². The van der Waals surface area contributed by atoms with Crippen molar-refractivity contribution in [2.45, 2.75) is 47.0 Å². The molecule has 0 N–H and O–H groups in total. The smallest absolute Gasteiger partial charge is 0.178 e. The molecule has 0 spiro atoms. The molecule has 29 heavy (non-hydrogen) atoms. The minimum Gasteiger partial charge on any atom is -0.253 e. The third kappa shape index (κ3) is 5.70. The van der Waals surface area contributed by atoms with Gasteiger partial charge in [-0.2, -0.15) is 0 Å². The van der Waals surface area contributed by atoms with Gasteiger partial charge in [0, 0.05) is 24.5 Å². The predicted molar refractivity (Wildman–Crippen MR) is 112 cm³/mol. The van der Waals surface area contributed by atoms with Gasteiger partial charge in [0.2, 0.25) is 0 Å². The molecule has 0 unspecified atom stereocenters. The van der Waals surface area contributed by atoms with Crippen LogP contribution in [0.1, 0.15) is 51.9 Å². The summed E-state index contributed by atoms with van der Waals surface area (Å²) in [6, 6.07) is 5.93. The summed E-state index contributed by atoms with van der Waals surface area (Å²) >= 11 is 0. The number of benzene rings is 1. The Hall–Kier alpha value is -3.09. The van der Waals surface area contributed by atoms with E-state index in [2.05, 4.69) is 31.8 Å². The summed E-state index contributed by atoms with van der Waals surface area (Å²) in [6.07, 6.45) is 6.00. The molecule has 3 heterocycles. The van der Waals surface area contributed by atoms with Gasteiger partial charge in [-0.05, 0) is 24.5 Å². The number of hydrogen-bond donors (Lipinski definition) is 0. The molecule has 0 amide bonds. The summed E-state index contributed by atoms with van der Waals surface area (Å²) in [4.78, 5) is 20.9. The molecule has 7 heteroatoms. The van der Waals surface area contributed by atoms with Crippen LogP contribution in [0.15, 0.2) is 42.9 Å². The van der Waals surface area contributed by atoms with E-state index in [1.54, 1.807) is 18.6 Å². The minimum atomic E-state index is -0.894. The van der Waals surface area contributed by atoms with Crippen LogP contribution in [0.25, 0.3) is 22.2 Å². The highest BCUT2D eigenvalue weighted by Crippen LogP contribution is 2.18. The maximum Gasteiger partial charge on any atom is 0.178 e. The van der Waals surface area contributed by atoms with Crippen molar-refractivity contribution in [3.63, 3.8) is 0 Å². The molecule has 152 valence electrons. The number of pyridine rings is 1. The number of halogens is 2. The number of aryl methyl sites for hydroxylation is 1. The van der Waals surface area contributed by atoms with Crippen molar-refractivity contribution in [2.75, 3.05) is 0 Å². The molecule has 0 radical (unpaired) electrons. The molecule has 0 aliphatic heterocycles. The molecule has 5 nitrogen and oxygen atoms in total. The van der Waals surface area contributed by atoms with Crippen LogP contribution in [0.2, 0.25) is 0 Å². The lowest BCUT2D eigenvalue weighted by Gasteiger charge is -2.05. The van der Waals surface area contributed by atoms with Crippen LogP contribution in [0, 0.1) is 11.6 Å². The predicted octanol–water partition coefficient (Wildman–Crippen LogP) is 5.64. The average molecular weight is 397 g/mol. The van der Waals surface area contributed by atoms with Crippen LogP contribution in [0.3, 0.4) is 0 Å². The first-order valence-electron chi connectivity index (χ1n) is 9.66. The van der Waals surface area contributed by atoms with Crippen molar-refractivity contribution < 1.29 is 8.78 Å². The Labute approximate surface area is 169 Å². The maximum atomic E-state index is 12.9. The van der Waals surface area contributed by atoms with E-state index in [4.69, 9.17) is 0 Å².